The normalized spacial score (nSPS) is 10.4. The first-order chi connectivity index (χ1) is 11.1. The average molecular weight is 434 g/mol. The molecule has 5 nitrogen and oxygen atoms in total. The van der Waals surface area contributed by atoms with E-state index in [9.17, 15) is 9.59 Å². The Bertz CT molecular complexity index is 516. The van der Waals surface area contributed by atoms with E-state index in [4.69, 9.17) is 14.2 Å². The molecule has 1 aromatic carbocycles. The van der Waals surface area contributed by atoms with Crippen molar-refractivity contribution >= 4 is 34.5 Å². The SMILES string of the molecule is CCCOCCCOC(=O)c1cc(I)cc(C(=O)OCCC)c1. The smallest absolute Gasteiger partial charge is 0.338 e. The van der Waals surface area contributed by atoms with Crippen molar-refractivity contribution in [1.82, 2.24) is 0 Å². The summed E-state index contributed by atoms with van der Waals surface area (Å²) in [6.45, 7) is 5.91. The number of rotatable bonds is 10. The van der Waals surface area contributed by atoms with E-state index in [1.807, 2.05) is 13.8 Å². The molecule has 0 amide bonds. The lowest BCUT2D eigenvalue weighted by atomic mass is 10.1. The largest absolute Gasteiger partial charge is 0.462 e. The van der Waals surface area contributed by atoms with E-state index in [1.165, 1.54) is 6.07 Å². The summed E-state index contributed by atoms with van der Waals surface area (Å²) in [7, 11) is 0. The van der Waals surface area contributed by atoms with E-state index < -0.39 is 11.9 Å². The predicted molar refractivity (Wildman–Crippen MR) is 95.7 cm³/mol. The molecule has 0 unspecified atom stereocenters. The minimum absolute atomic E-state index is 0.295. The molecule has 0 heterocycles. The lowest BCUT2D eigenvalue weighted by molar-refractivity contribution is 0.0446. The van der Waals surface area contributed by atoms with Crippen LogP contribution in [0.5, 0.6) is 0 Å². The molecule has 1 aromatic rings. The summed E-state index contributed by atoms with van der Waals surface area (Å²) in [5.74, 6) is -0.865. The number of hydrogen-bond donors (Lipinski definition) is 0. The van der Waals surface area contributed by atoms with Gasteiger partial charge in [-0.1, -0.05) is 13.8 Å². The fourth-order valence-corrected chi connectivity index (χ4v) is 2.43. The zero-order valence-corrected chi connectivity index (χ0v) is 15.8. The van der Waals surface area contributed by atoms with Crippen LogP contribution in [0.25, 0.3) is 0 Å². The number of carbonyl (C=O) groups excluding carboxylic acids is 2. The first-order valence-electron chi connectivity index (χ1n) is 7.81. The van der Waals surface area contributed by atoms with Gasteiger partial charge in [-0.2, -0.15) is 0 Å². The van der Waals surface area contributed by atoms with Gasteiger partial charge in [-0.25, -0.2) is 9.59 Å². The van der Waals surface area contributed by atoms with Gasteiger partial charge < -0.3 is 14.2 Å². The van der Waals surface area contributed by atoms with E-state index >= 15 is 0 Å². The number of ether oxygens (including phenoxy) is 3. The molecule has 0 aliphatic rings. The molecular weight excluding hydrogens is 411 g/mol. The second-order valence-electron chi connectivity index (χ2n) is 4.97. The summed E-state index contributed by atoms with van der Waals surface area (Å²) in [5.41, 5.74) is 0.721. The number of hydrogen-bond acceptors (Lipinski definition) is 5. The van der Waals surface area contributed by atoms with Gasteiger partial charge in [0.25, 0.3) is 0 Å². The van der Waals surface area contributed by atoms with Gasteiger partial charge in [0.1, 0.15) is 0 Å². The lowest BCUT2D eigenvalue weighted by Gasteiger charge is -2.08. The Labute approximate surface area is 150 Å². The fourth-order valence-electron chi connectivity index (χ4n) is 1.76. The van der Waals surface area contributed by atoms with Crippen LogP contribution in [0.15, 0.2) is 18.2 Å². The van der Waals surface area contributed by atoms with Crippen LogP contribution in [-0.2, 0) is 14.2 Å². The van der Waals surface area contributed by atoms with E-state index in [2.05, 4.69) is 22.6 Å². The molecule has 0 saturated carbocycles. The third-order valence-electron chi connectivity index (χ3n) is 2.82. The van der Waals surface area contributed by atoms with Crippen LogP contribution in [0.2, 0.25) is 0 Å². The van der Waals surface area contributed by atoms with E-state index in [0.717, 1.165) is 16.4 Å². The fraction of sp³-hybridized carbons (Fsp3) is 0.529. The van der Waals surface area contributed by atoms with Gasteiger partial charge >= 0.3 is 11.9 Å². The minimum atomic E-state index is -0.441. The van der Waals surface area contributed by atoms with E-state index in [0.29, 0.717) is 44.0 Å². The standard InChI is InChI=1S/C17H23IO5/c1-3-6-21-8-5-9-23-17(20)14-10-13(11-15(18)12-14)16(19)22-7-4-2/h10-12H,3-9H2,1-2H3. The van der Waals surface area contributed by atoms with Crippen molar-refractivity contribution < 1.29 is 23.8 Å². The minimum Gasteiger partial charge on any atom is -0.462 e. The van der Waals surface area contributed by atoms with Crippen LogP contribution < -0.4 is 0 Å². The summed E-state index contributed by atoms with van der Waals surface area (Å²) < 4.78 is 16.4. The van der Waals surface area contributed by atoms with Crippen LogP contribution >= 0.6 is 22.6 Å². The highest BCUT2D eigenvalue weighted by molar-refractivity contribution is 14.1. The molecule has 0 fully saturated rings. The molecule has 0 aromatic heterocycles. The number of halogens is 1. The third-order valence-corrected chi connectivity index (χ3v) is 3.44. The maximum Gasteiger partial charge on any atom is 0.338 e. The maximum absolute atomic E-state index is 12.1. The first-order valence-corrected chi connectivity index (χ1v) is 8.89. The van der Waals surface area contributed by atoms with Crippen molar-refractivity contribution in [3.05, 3.63) is 32.9 Å². The summed E-state index contributed by atoms with van der Waals surface area (Å²) in [5, 5.41) is 0. The summed E-state index contributed by atoms with van der Waals surface area (Å²) in [6.07, 6.45) is 2.38. The Morgan fingerprint density at radius 1 is 0.870 bits per heavy atom. The topological polar surface area (TPSA) is 61.8 Å². The second-order valence-corrected chi connectivity index (χ2v) is 6.21. The molecule has 0 saturated heterocycles. The molecular formula is C17H23IO5. The lowest BCUT2D eigenvalue weighted by Crippen LogP contribution is -2.11. The molecule has 6 heteroatoms. The zero-order valence-electron chi connectivity index (χ0n) is 13.6. The molecule has 1 rings (SSSR count). The van der Waals surface area contributed by atoms with Crippen LogP contribution in [0.1, 0.15) is 53.8 Å². The second kappa shape index (κ2) is 11.4. The number of carbonyl (C=O) groups is 2. The Morgan fingerprint density at radius 2 is 1.43 bits per heavy atom. The molecule has 0 aliphatic carbocycles. The molecule has 0 N–H and O–H groups in total. The Hall–Kier alpha value is -1.15. The van der Waals surface area contributed by atoms with Gasteiger partial charge in [0.15, 0.2) is 0 Å². The van der Waals surface area contributed by atoms with Gasteiger partial charge in [0.2, 0.25) is 0 Å². The molecule has 128 valence electrons. The Balaban J connectivity index is 2.56. The highest BCUT2D eigenvalue weighted by Crippen LogP contribution is 2.15. The van der Waals surface area contributed by atoms with Crippen LogP contribution in [0, 0.1) is 3.57 Å². The van der Waals surface area contributed by atoms with E-state index in [1.54, 1.807) is 12.1 Å². The van der Waals surface area contributed by atoms with Gasteiger partial charge in [0.05, 0.1) is 24.3 Å². The average Bonchev–Trinajstić information content (AvgIpc) is 2.55. The number of benzene rings is 1. The zero-order chi connectivity index (χ0) is 17.1. The highest BCUT2D eigenvalue weighted by Gasteiger charge is 2.14. The van der Waals surface area contributed by atoms with Crippen molar-refractivity contribution in [3.63, 3.8) is 0 Å². The van der Waals surface area contributed by atoms with Gasteiger partial charge in [-0.15, -0.1) is 0 Å². The van der Waals surface area contributed by atoms with Crippen molar-refractivity contribution in [2.45, 2.75) is 33.1 Å². The van der Waals surface area contributed by atoms with Crippen molar-refractivity contribution in [1.29, 1.82) is 0 Å². The predicted octanol–water partition coefficient (Wildman–Crippen LogP) is 3.83. The molecule has 0 atom stereocenters. The first kappa shape index (κ1) is 19.9. The molecule has 0 bridgehead atoms. The van der Waals surface area contributed by atoms with Crippen LogP contribution in [0.4, 0.5) is 0 Å². The van der Waals surface area contributed by atoms with Crippen molar-refractivity contribution in [3.8, 4) is 0 Å². The van der Waals surface area contributed by atoms with Crippen molar-refractivity contribution in [2.75, 3.05) is 26.4 Å². The quantitative estimate of drug-likeness (QED) is 0.318. The van der Waals surface area contributed by atoms with Crippen LogP contribution in [-0.4, -0.2) is 38.4 Å². The van der Waals surface area contributed by atoms with E-state index in [-0.39, 0.29) is 0 Å². The molecule has 0 spiro atoms. The van der Waals surface area contributed by atoms with Gasteiger partial charge in [0, 0.05) is 23.2 Å². The molecule has 0 aliphatic heterocycles. The maximum atomic E-state index is 12.1. The summed E-state index contributed by atoms with van der Waals surface area (Å²) >= 11 is 2.06. The highest BCUT2D eigenvalue weighted by atomic mass is 127. The van der Waals surface area contributed by atoms with Gasteiger partial charge in [-0.3, -0.25) is 0 Å². The van der Waals surface area contributed by atoms with Gasteiger partial charge in [-0.05, 0) is 53.6 Å². The Kier molecular flexibility index (Phi) is 9.86. The molecule has 23 heavy (non-hydrogen) atoms. The monoisotopic (exact) mass is 434 g/mol. The summed E-state index contributed by atoms with van der Waals surface area (Å²) in [6, 6.07) is 4.89. The van der Waals surface area contributed by atoms with Crippen molar-refractivity contribution in [2.24, 2.45) is 0 Å². The third kappa shape index (κ3) is 7.78. The Morgan fingerprint density at radius 3 is 2.00 bits per heavy atom. The number of esters is 2. The summed E-state index contributed by atoms with van der Waals surface area (Å²) in [4.78, 5) is 24.0. The molecule has 0 radical (unpaired) electrons. The van der Waals surface area contributed by atoms with Crippen LogP contribution in [0.3, 0.4) is 0 Å².